The zero-order valence-corrected chi connectivity index (χ0v) is 14.3. The van der Waals surface area contributed by atoms with Gasteiger partial charge in [-0.25, -0.2) is 0 Å². The predicted octanol–water partition coefficient (Wildman–Crippen LogP) is 1.05. The van der Waals surface area contributed by atoms with Gasteiger partial charge in [-0.1, -0.05) is 6.92 Å². The second-order valence-electron chi connectivity index (χ2n) is 6.46. The molecule has 1 aliphatic rings. The molecule has 2 aromatic heterocycles. The topological polar surface area (TPSA) is 117 Å². The molecule has 9 nitrogen and oxygen atoms in total. The molecule has 134 valence electrons. The summed E-state index contributed by atoms with van der Waals surface area (Å²) in [5.74, 6) is -1.30. The third-order valence-electron chi connectivity index (χ3n) is 4.61. The molecule has 0 radical (unpaired) electrons. The summed E-state index contributed by atoms with van der Waals surface area (Å²) in [6.07, 6.45) is 4.30. The molecular weight excluding hydrogens is 324 g/mol. The van der Waals surface area contributed by atoms with E-state index in [9.17, 15) is 14.7 Å². The van der Waals surface area contributed by atoms with Crippen LogP contribution in [0.3, 0.4) is 0 Å². The molecule has 2 unspecified atom stereocenters. The number of carboxylic acid groups (broad SMARTS) is 1. The second kappa shape index (κ2) is 7.04. The van der Waals surface area contributed by atoms with E-state index in [0.29, 0.717) is 30.0 Å². The van der Waals surface area contributed by atoms with Crippen LogP contribution in [0.1, 0.15) is 47.4 Å². The van der Waals surface area contributed by atoms with Crippen LogP contribution in [0.5, 0.6) is 0 Å². The SMILES string of the molecule is CCCn1cc(C(=O)N2CC(CC(=O)O)C(c3cn[nH]n3)C2)c(C)n1. The van der Waals surface area contributed by atoms with Gasteiger partial charge in [0.25, 0.3) is 5.91 Å². The zero-order chi connectivity index (χ0) is 18.0. The van der Waals surface area contributed by atoms with E-state index >= 15 is 0 Å². The molecule has 2 N–H and O–H groups in total. The van der Waals surface area contributed by atoms with Gasteiger partial charge in [0.05, 0.1) is 29.6 Å². The molecule has 0 aliphatic carbocycles. The molecule has 2 aromatic rings. The lowest BCUT2D eigenvalue weighted by molar-refractivity contribution is -0.138. The Morgan fingerprint density at radius 2 is 2.20 bits per heavy atom. The molecule has 0 spiro atoms. The summed E-state index contributed by atoms with van der Waals surface area (Å²) in [6.45, 7) is 5.46. The fraction of sp³-hybridized carbons (Fsp3) is 0.562. The maximum absolute atomic E-state index is 12.9. The third kappa shape index (κ3) is 3.54. The van der Waals surface area contributed by atoms with Crippen LogP contribution in [0, 0.1) is 12.8 Å². The molecule has 0 aromatic carbocycles. The average Bonchev–Trinajstić information content (AvgIpc) is 3.26. The third-order valence-corrected chi connectivity index (χ3v) is 4.61. The Bertz CT molecular complexity index is 754. The highest BCUT2D eigenvalue weighted by molar-refractivity contribution is 5.95. The van der Waals surface area contributed by atoms with Crippen LogP contribution in [0.25, 0.3) is 0 Å². The van der Waals surface area contributed by atoms with Crippen LogP contribution >= 0.6 is 0 Å². The zero-order valence-electron chi connectivity index (χ0n) is 14.3. The van der Waals surface area contributed by atoms with Crippen molar-refractivity contribution in [3.63, 3.8) is 0 Å². The van der Waals surface area contributed by atoms with Gasteiger partial charge < -0.3 is 10.0 Å². The average molecular weight is 346 g/mol. The number of carbonyl (C=O) groups excluding carboxylic acids is 1. The number of likely N-dealkylation sites (tertiary alicyclic amines) is 1. The summed E-state index contributed by atoms with van der Waals surface area (Å²) in [4.78, 5) is 25.8. The maximum atomic E-state index is 12.9. The van der Waals surface area contributed by atoms with Crippen molar-refractivity contribution in [1.29, 1.82) is 0 Å². The molecule has 1 amide bonds. The Hall–Kier alpha value is -2.71. The molecule has 0 bridgehead atoms. The monoisotopic (exact) mass is 346 g/mol. The molecular formula is C16H22N6O3. The number of aliphatic carboxylic acids is 1. The largest absolute Gasteiger partial charge is 0.481 e. The van der Waals surface area contributed by atoms with Gasteiger partial charge in [-0.05, 0) is 19.3 Å². The molecule has 3 rings (SSSR count). The van der Waals surface area contributed by atoms with E-state index < -0.39 is 5.97 Å². The summed E-state index contributed by atoms with van der Waals surface area (Å²) in [7, 11) is 0. The molecule has 1 aliphatic heterocycles. The molecule has 9 heteroatoms. The smallest absolute Gasteiger partial charge is 0.303 e. The van der Waals surface area contributed by atoms with Crippen molar-refractivity contribution < 1.29 is 14.7 Å². The fourth-order valence-corrected chi connectivity index (χ4v) is 3.43. The van der Waals surface area contributed by atoms with Crippen LogP contribution in [-0.4, -0.2) is 60.2 Å². The van der Waals surface area contributed by atoms with E-state index in [4.69, 9.17) is 0 Å². The highest BCUT2D eigenvalue weighted by Gasteiger charge is 2.39. The number of hydrogen-bond donors (Lipinski definition) is 2. The van der Waals surface area contributed by atoms with Crippen LogP contribution in [0.15, 0.2) is 12.4 Å². The van der Waals surface area contributed by atoms with E-state index in [0.717, 1.165) is 13.0 Å². The highest BCUT2D eigenvalue weighted by atomic mass is 16.4. The highest BCUT2D eigenvalue weighted by Crippen LogP contribution is 2.34. The van der Waals surface area contributed by atoms with Crippen LogP contribution in [-0.2, 0) is 11.3 Å². The number of aromatic nitrogens is 5. The molecule has 25 heavy (non-hydrogen) atoms. The van der Waals surface area contributed by atoms with Gasteiger partial charge in [-0.15, -0.1) is 0 Å². The standard InChI is InChI=1S/C16H22N6O3/c1-3-4-22-9-12(10(2)19-22)16(25)21-7-11(5-15(23)24)13(8-21)14-6-17-20-18-14/h6,9,11,13H,3-5,7-8H2,1-2H3,(H,23,24)(H,17,18,20). The number of amides is 1. The van der Waals surface area contributed by atoms with Crippen molar-refractivity contribution in [3.05, 3.63) is 29.3 Å². The van der Waals surface area contributed by atoms with Gasteiger partial charge in [-0.3, -0.25) is 14.3 Å². The van der Waals surface area contributed by atoms with E-state index in [1.54, 1.807) is 22.0 Å². The predicted molar refractivity (Wildman–Crippen MR) is 88.0 cm³/mol. The molecule has 0 saturated carbocycles. The normalized spacial score (nSPS) is 20.2. The Balaban J connectivity index is 1.80. The lowest BCUT2D eigenvalue weighted by atomic mass is 9.91. The van der Waals surface area contributed by atoms with E-state index in [1.807, 2.05) is 6.92 Å². The van der Waals surface area contributed by atoms with Crippen LogP contribution in [0.4, 0.5) is 0 Å². The first-order chi connectivity index (χ1) is 12.0. The maximum Gasteiger partial charge on any atom is 0.303 e. The van der Waals surface area contributed by atoms with Crippen molar-refractivity contribution in [1.82, 2.24) is 30.1 Å². The van der Waals surface area contributed by atoms with E-state index in [2.05, 4.69) is 27.4 Å². The summed E-state index contributed by atoms with van der Waals surface area (Å²) in [5, 5.41) is 24.0. The minimum absolute atomic E-state index is 0.00458. The first-order valence-corrected chi connectivity index (χ1v) is 8.40. The van der Waals surface area contributed by atoms with Crippen LogP contribution < -0.4 is 0 Å². The fourth-order valence-electron chi connectivity index (χ4n) is 3.43. The summed E-state index contributed by atoms with van der Waals surface area (Å²) in [6, 6.07) is 0. The Kier molecular flexibility index (Phi) is 4.82. The molecule has 3 heterocycles. The van der Waals surface area contributed by atoms with Crippen molar-refractivity contribution in [2.24, 2.45) is 5.92 Å². The van der Waals surface area contributed by atoms with Gasteiger partial charge >= 0.3 is 5.97 Å². The second-order valence-corrected chi connectivity index (χ2v) is 6.46. The number of carboxylic acids is 1. The quantitative estimate of drug-likeness (QED) is 0.807. The number of hydrogen-bond acceptors (Lipinski definition) is 5. The lowest BCUT2D eigenvalue weighted by Crippen LogP contribution is -2.29. The summed E-state index contributed by atoms with van der Waals surface area (Å²) in [5.41, 5.74) is 1.96. The number of aromatic amines is 1. The number of aryl methyl sites for hydroxylation is 2. The Morgan fingerprint density at radius 1 is 1.40 bits per heavy atom. The molecule has 2 atom stereocenters. The summed E-state index contributed by atoms with van der Waals surface area (Å²) < 4.78 is 1.78. The molecule has 1 fully saturated rings. The first kappa shape index (κ1) is 17.1. The van der Waals surface area contributed by atoms with Gasteiger partial charge in [-0.2, -0.15) is 20.5 Å². The van der Waals surface area contributed by atoms with E-state index in [-0.39, 0.29) is 24.2 Å². The van der Waals surface area contributed by atoms with Gasteiger partial charge in [0, 0.05) is 31.7 Å². The van der Waals surface area contributed by atoms with Gasteiger partial charge in [0.2, 0.25) is 0 Å². The van der Waals surface area contributed by atoms with E-state index in [1.165, 1.54) is 0 Å². The number of nitrogens with zero attached hydrogens (tertiary/aromatic N) is 5. The Morgan fingerprint density at radius 3 is 2.84 bits per heavy atom. The van der Waals surface area contributed by atoms with Crippen molar-refractivity contribution in [2.45, 2.75) is 39.2 Å². The first-order valence-electron chi connectivity index (χ1n) is 8.40. The number of nitrogens with one attached hydrogen (secondary N) is 1. The van der Waals surface area contributed by atoms with Gasteiger partial charge in [0.15, 0.2) is 0 Å². The minimum atomic E-state index is -0.875. The minimum Gasteiger partial charge on any atom is -0.481 e. The molecule has 1 saturated heterocycles. The van der Waals surface area contributed by atoms with Crippen LogP contribution in [0.2, 0.25) is 0 Å². The Labute approximate surface area is 145 Å². The number of H-pyrrole nitrogens is 1. The lowest BCUT2D eigenvalue weighted by Gasteiger charge is -2.15. The van der Waals surface area contributed by atoms with Crippen molar-refractivity contribution in [3.8, 4) is 0 Å². The van der Waals surface area contributed by atoms with Gasteiger partial charge in [0.1, 0.15) is 0 Å². The number of rotatable bonds is 6. The van der Waals surface area contributed by atoms with Crippen molar-refractivity contribution >= 4 is 11.9 Å². The van der Waals surface area contributed by atoms with Crippen molar-refractivity contribution in [2.75, 3.05) is 13.1 Å². The number of carbonyl (C=O) groups is 2. The summed E-state index contributed by atoms with van der Waals surface area (Å²) >= 11 is 0.